The summed E-state index contributed by atoms with van der Waals surface area (Å²) in [6, 6.07) is 16.2. The molecule has 4 nitrogen and oxygen atoms in total. The lowest BCUT2D eigenvalue weighted by atomic mass is 10.0. The average Bonchev–Trinajstić information content (AvgIpc) is 3.14. The van der Waals surface area contributed by atoms with Crippen molar-refractivity contribution in [2.45, 2.75) is 37.5 Å². The second-order valence-electron chi connectivity index (χ2n) is 7.73. The summed E-state index contributed by atoms with van der Waals surface area (Å²) in [6.07, 6.45) is 6.63. The maximum Gasteiger partial charge on any atom is 0.226 e. The molecule has 0 N–H and O–H groups in total. The van der Waals surface area contributed by atoms with E-state index in [4.69, 9.17) is 9.40 Å². The molecule has 0 radical (unpaired) electrons. The molecule has 3 aromatic rings. The molecule has 0 bridgehead atoms. The van der Waals surface area contributed by atoms with Gasteiger partial charge in [0.05, 0.1) is 5.69 Å². The summed E-state index contributed by atoms with van der Waals surface area (Å²) in [4.78, 5) is 8.15. The first-order chi connectivity index (χ1) is 14.1. The number of hydrogen-bond acceptors (Lipinski definition) is 4. The normalized spacial score (nSPS) is 15.6. The minimum absolute atomic E-state index is 0. The summed E-state index contributed by atoms with van der Waals surface area (Å²) in [7, 11) is 0. The van der Waals surface area contributed by atoms with Crippen molar-refractivity contribution in [1.29, 1.82) is 0 Å². The molecule has 2 heterocycles. The zero-order valence-electron chi connectivity index (χ0n) is 17.6. The number of likely N-dealkylation sites (tertiary alicyclic amines) is 1. The fourth-order valence-electron chi connectivity index (χ4n) is 3.87. The number of rotatable bonds is 6. The van der Waals surface area contributed by atoms with Crippen molar-refractivity contribution < 1.29 is 8.97 Å². The van der Waals surface area contributed by atoms with Gasteiger partial charge in [-0.3, -0.25) is 0 Å². The molecule has 0 spiro atoms. The van der Waals surface area contributed by atoms with Gasteiger partial charge in [0.15, 0.2) is 4.90 Å². The number of benzene rings is 2. The van der Waals surface area contributed by atoms with Crippen molar-refractivity contribution in [2.24, 2.45) is 0 Å². The summed E-state index contributed by atoms with van der Waals surface area (Å²) in [5, 5.41) is 0. The monoisotopic (exact) mass is 444 g/mol. The molecular formula is C24H29ClN2O2S. The van der Waals surface area contributed by atoms with Crippen LogP contribution in [0.1, 0.15) is 30.7 Å². The van der Waals surface area contributed by atoms with Gasteiger partial charge in [-0.15, -0.1) is 12.4 Å². The fraction of sp³-hybridized carbons (Fsp3) is 0.375. The summed E-state index contributed by atoms with van der Waals surface area (Å²) in [5.74, 6) is 1.61. The minimum Gasteiger partial charge on any atom is -0.612 e. The number of aryl methyl sites for hydroxylation is 1. The predicted octanol–water partition coefficient (Wildman–Crippen LogP) is 5.50. The van der Waals surface area contributed by atoms with Crippen LogP contribution in [-0.4, -0.2) is 40.3 Å². The number of aromatic nitrogens is 1. The van der Waals surface area contributed by atoms with Crippen molar-refractivity contribution in [3.8, 4) is 22.6 Å². The SMILES string of the molecule is Cc1oc(-c2ccc(-c3ccc([S+](C)[O-])cc3)cc2)nc1CCN1CCCCC1.Cl. The van der Waals surface area contributed by atoms with Gasteiger partial charge in [0.2, 0.25) is 5.89 Å². The standard InChI is InChI=1S/C24H28N2O2S.ClH/c1-18-23(14-17-26-15-4-3-5-16-26)25-24(28-18)21-8-6-19(7-9-21)20-10-12-22(13-11-20)29(2)27;/h6-13H,3-5,14-17H2,1-2H3;1H. The number of oxazole rings is 1. The molecule has 1 saturated heterocycles. The predicted molar refractivity (Wildman–Crippen MR) is 126 cm³/mol. The zero-order valence-corrected chi connectivity index (χ0v) is 19.2. The van der Waals surface area contributed by atoms with Crippen molar-refractivity contribution in [3.63, 3.8) is 0 Å². The van der Waals surface area contributed by atoms with Crippen LogP contribution in [-0.2, 0) is 17.6 Å². The number of nitrogens with zero attached hydrogens (tertiary/aromatic N) is 2. The highest BCUT2D eigenvalue weighted by Crippen LogP contribution is 2.27. The molecule has 0 amide bonds. The molecule has 2 aromatic carbocycles. The van der Waals surface area contributed by atoms with Gasteiger partial charge in [0, 0.05) is 18.5 Å². The van der Waals surface area contributed by atoms with E-state index < -0.39 is 11.2 Å². The van der Waals surface area contributed by atoms with E-state index in [-0.39, 0.29) is 12.4 Å². The van der Waals surface area contributed by atoms with Crippen LogP contribution in [0.2, 0.25) is 0 Å². The third-order valence-electron chi connectivity index (χ3n) is 5.66. The topological polar surface area (TPSA) is 52.3 Å². The Bertz CT molecular complexity index is 933. The van der Waals surface area contributed by atoms with Gasteiger partial charge in [0.25, 0.3) is 0 Å². The Balaban J connectivity index is 0.00000256. The first-order valence-electron chi connectivity index (χ1n) is 10.3. The Morgan fingerprint density at radius 2 is 1.50 bits per heavy atom. The van der Waals surface area contributed by atoms with E-state index in [1.54, 1.807) is 6.26 Å². The van der Waals surface area contributed by atoms with Crippen LogP contribution in [0.15, 0.2) is 57.8 Å². The molecule has 4 rings (SSSR count). The maximum atomic E-state index is 11.6. The second kappa shape index (κ2) is 10.5. The van der Waals surface area contributed by atoms with Crippen molar-refractivity contribution >= 4 is 23.6 Å². The van der Waals surface area contributed by atoms with Gasteiger partial charge in [-0.1, -0.05) is 18.6 Å². The molecule has 1 aliphatic rings. The van der Waals surface area contributed by atoms with E-state index in [1.165, 1.54) is 32.4 Å². The number of hydrogen-bond donors (Lipinski definition) is 0. The Kier molecular flexibility index (Phi) is 8.00. The number of halogens is 1. The molecule has 1 aromatic heterocycles. The van der Waals surface area contributed by atoms with Gasteiger partial charge in [0.1, 0.15) is 12.0 Å². The molecule has 30 heavy (non-hydrogen) atoms. The van der Waals surface area contributed by atoms with Crippen molar-refractivity contribution in [3.05, 3.63) is 60.0 Å². The van der Waals surface area contributed by atoms with Crippen molar-refractivity contribution in [1.82, 2.24) is 9.88 Å². The highest BCUT2D eigenvalue weighted by atomic mass is 35.5. The number of piperidine rings is 1. The van der Waals surface area contributed by atoms with Crippen molar-refractivity contribution in [2.75, 3.05) is 25.9 Å². The summed E-state index contributed by atoms with van der Waals surface area (Å²) < 4.78 is 17.5. The van der Waals surface area contributed by atoms with Gasteiger partial charge in [-0.05, 0) is 91.6 Å². The van der Waals surface area contributed by atoms with Crippen LogP contribution in [0.25, 0.3) is 22.6 Å². The third-order valence-corrected chi connectivity index (χ3v) is 6.59. The molecule has 1 fully saturated rings. The van der Waals surface area contributed by atoms with Gasteiger partial charge in [-0.25, -0.2) is 4.98 Å². The fourth-order valence-corrected chi connectivity index (χ4v) is 4.39. The van der Waals surface area contributed by atoms with Gasteiger partial charge < -0.3 is 13.9 Å². The van der Waals surface area contributed by atoms with E-state index in [0.29, 0.717) is 5.89 Å². The lowest BCUT2D eigenvalue weighted by Crippen LogP contribution is -2.31. The first-order valence-corrected chi connectivity index (χ1v) is 11.9. The summed E-state index contributed by atoms with van der Waals surface area (Å²) in [5.41, 5.74) is 4.29. The minimum atomic E-state index is -0.950. The van der Waals surface area contributed by atoms with Crippen LogP contribution in [0.3, 0.4) is 0 Å². The van der Waals surface area contributed by atoms with Crippen LogP contribution < -0.4 is 0 Å². The summed E-state index contributed by atoms with van der Waals surface area (Å²) >= 11 is -0.950. The third kappa shape index (κ3) is 5.46. The quantitative estimate of drug-likeness (QED) is 0.471. The van der Waals surface area contributed by atoms with E-state index >= 15 is 0 Å². The lowest BCUT2D eigenvalue weighted by molar-refractivity contribution is 0.230. The van der Waals surface area contributed by atoms with Crippen LogP contribution in [0.4, 0.5) is 0 Å². The van der Waals surface area contributed by atoms with E-state index in [1.807, 2.05) is 31.2 Å². The Hall–Kier alpha value is -1.79. The highest BCUT2D eigenvalue weighted by Gasteiger charge is 2.15. The van der Waals surface area contributed by atoms with Gasteiger partial charge in [-0.2, -0.15) is 0 Å². The lowest BCUT2D eigenvalue weighted by Gasteiger charge is -2.25. The Labute approximate surface area is 188 Å². The molecule has 1 unspecified atom stereocenters. The molecule has 6 heteroatoms. The van der Waals surface area contributed by atoms with Crippen LogP contribution >= 0.6 is 12.4 Å². The first kappa shape index (κ1) is 22.9. The molecule has 0 saturated carbocycles. The van der Waals surface area contributed by atoms with E-state index in [2.05, 4.69) is 29.2 Å². The Morgan fingerprint density at radius 1 is 0.933 bits per heavy atom. The Morgan fingerprint density at radius 3 is 2.10 bits per heavy atom. The molecule has 160 valence electrons. The maximum absolute atomic E-state index is 11.6. The zero-order chi connectivity index (χ0) is 20.2. The van der Waals surface area contributed by atoms with Crippen LogP contribution in [0.5, 0.6) is 0 Å². The largest absolute Gasteiger partial charge is 0.612 e. The highest BCUT2D eigenvalue weighted by molar-refractivity contribution is 7.90. The summed E-state index contributed by atoms with van der Waals surface area (Å²) in [6.45, 7) is 5.49. The van der Waals surface area contributed by atoms with Gasteiger partial charge >= 0.3 is 0 Å². The van der Waals surface area contributed by atoms with E-state index in [0.717, 1.165) is 46.0 Å². The molecule has 0 aliphatic carbocycles. The molecule has 1 atom stereocenters. The second-order valence-corrected chi connectivity index (χ2v) is 9.11. The average molecular weight is 445 g/mol. The molecular weight excluding hydrogens is 416 g/mol. The van der Waals surface area contributed by atoms with Crippen LogP contribution in [0, 0.1) is 6.92 Å². The smallest absolute Gasteiger partial charge is 0.226 e. The van der Waals surface area contributed by atoms with E-state index in [9.17, 15) is 4.55 Å². The molecule has 1 aliphatic heterocycles.